The van der Waals surface area contributed by atoms with E-state index in [0.29, 0.717) is 6.54 Å². The highest BCUT2D eigenvalue weighted by Crippen LogP contribution is 1.98. The quantitative estimate of drug-likeness (QED) is 0.704. The molecule has 6 nitrogen and oxygen atoms in total. The number of hydrogen-bond acceptors (Lipinski definition) is 5. The lowest BCUT2D eigenvalue weighted by Gasteiger charge is -2.26. The lowest BCUT2D eigenvalue weighted by atomic mass is 10.3. The molecule has 0 unspecified atom stereocenters. The first kappa shape index (κ1) is 11.5. The summed E-state index contributed by atoms with van der Waals surface area (Å²) >= 11 is 0. The second-order valence-corrected chi connectivity index (χ2v) is 3.97. The van der Waals surface area contributed by atoms with Crippen LogP contribution in [0.1, 0.15) is 5.69 Å². The smallest absolute Gasteiger partial charge is 0.0839 e. The first-order chi connectivity index (χ1) is 7.88. The fourth-order valence-electron chi connectivity index (χ4n) is 1.78. The molecule has 0 bridgehead atoms. The van der Waals surface area contributed by atoms with Crippen LogP contribution in [0.4, 0.5) is 0 Å². The Labute approximate surface area is 95.4 Å². The van der Waals surface area contributed by atoms with E-state index in [1.807, 2.05) is 10.9 Å². The van der Waals surface area contributed by atoms with Crippen LogP contribution in [0.3, 0.4) is 0 Å². The van der Waals surface area contributed by atoms with Crippen LogP contribution in [-0.4, -0.2) is 59.3 Å². The van der Waals surface area contributed by atoms with Crippen LogP contribution < -0.4 is 5.73 Å². The van der Waals surface area contributed by atoms with Crippen molar-refractivity contribution in [2.75, 3.05) is 39.4 Å². The van der Waals surface area contributed by atoms with E-state index in [-0.39, 0.29) is 0 Å². The van der Waals surface area contributed by atoms with Crippen LogP contribution in [0, 0.1) is 0 Å². The highest BCUT2D eigenvalue weighted by atomic mass is 16.5. The lowest BCUT2D eigenvalue weighted by molar-refractivity contribution is 0.0359. The fourth-order valence-corrected chi connectivity index (χ4v) is 1.78. The number of aromatic nitrogens is 3. The molecule has 2 N–H and O–H groups in total. The van der Waals surface area contributed by atoms with Gasteiger partial charge in [0, 0.05) is 32.3 Å². The molecule has 2 rings (SSSR count). The van der Waals surface area contributed by atoms with Crippen molar-refractivity contribution in [1.82, 2.24) is 19.9 Å². The van der Waals surface area contributed by atoms with Gasteiger partial charge >= 0.3 is 0 Å². The van der Waals surface area contributed by atoms with Crippen molar-refractivity contribution in [1.29, 1.82) is 0 Å². The number of morpholine rings is 1. The van der Waals surface area contributed by atoms with Gasteiger partial charge in [-0.3, -0.25) is 9.58 Å². The van der Waals surface area contributed by atoms with Gasteiger partial charge in [-0.1, -0.05) is 5.21 Å². The lowest BCUT2D eigenvalue weighted by Crippen LogP contribution is -2.38. The highest BCUT2D eigenvalue weighted by Gasteiger charge is 2.10. The predicted octanol–water partition coefficient (Wildman–Crippen LogP) is -0.888. The highest BCUT2D eigenvalue weighted by molar-refractivity contribution is 4.92. The number of nitrogens with two attached hydrogens (primary N) is 1. The van der Waals surface area contributed by atoms with E-state index >= 15 is 0 Å². The summed E-state index contributed by atoms with van der Waals surface area (Å²) < 4.78 is 7.19. The monoisotopic (exact) mass is 225 g/mol. The van der Waals surface area contributed by atoms with Gasteiger partial charge in [0.05, 0.1) is 25.5 Å². The standard InChI is InChI=1S/C10H19N5O/c11-2-1-10-9-15(13-12-10)4-3-14-5-7-16-8-6-14/h9H,1-8,11H2. The molecular formula is C10H19N5O. The minimum absolute atomic E-state index is 0.627. The molecule has 1 fully saturated rings. The van der Waals surface area contributed by atoms with Crippen molar-refractivity contribution in [2.45, 2.75) is 13.0 Å². The van der Waals surface area contributed by atoms with Crippen LogP contribution in [0.5, 0.6) is 0 Å². The van der Waals surface area contributed by atoms with E-state index in [9.17, 15) is 0 Å². The summed E-state index contributed by atoms with van der Waals surface area (Å²) in [5.41, 5.74) is 6.44. The zero-order valence-corrected chi connectivity index (χ0v) is 9.51. The topological polar surface area (TPSA) is 69.2 Å². The van der Waals surface area contributed by atoms with Crippen molar-refractivity contribution < 1.29 is 4.74 Å². The summed E-state index contributed by atoms with van der Waals surface area (Å²) in [5.74, 6) is 0. The van der Waals surface area contributed by atoms with Gasteiger partial charge in [0.2, 0.25) is 0 Å². The van der Waals surface area contributed by atoms with Crippen LogP contribution in [-0.2, 0) is 17.7 Å². The van der Waals surface area contributed by atoms with Gasteiger partial charge in [-0.2, -0.15) is 0 Å². The van der Waals surface area contributed by atoms with E-state index in [2.05, 4.69) is 15.2 Å². The zero-order valence-electron chi connectivity index (χ0n) is 9.51. The van der Waals surface area contributed by atoms with E-state index in [4.69, 9.17) is 10.5 Å². The molecule has 0 aromatic carbocycles. The summed E-state index contributed by atoms with van der Waals surface area (Å²) in [6.07, 6.45) is 2.78. The minimum Gasteiger partial charge on any atom is -0.379 e. The number of hydrogen-bond donors (Lipinski definition) is 1. The maximum atomic E-state index is 5.46. The third kappa shape index (κ3) is 3.26. The molecule has 0 spiro atoms. The van der Waals surface area contributed by atoms with Gasteiger partial charge in [0.15, 0.2) is 0 Å². The van der Waals surface area contributed by atoms with Crippen molar-refractivity contribution in [2.24, 2.45) is 5.73 Å². The van der Waals surface area contributed by atoms with Gasteiger partial charge in [-0.25, -0.2) is 0 Å². The van der Waals surface area contributed by atoms with E-state index in [1.165, 1.54) is 0 Å². The van der Waals surface area contributed by atoms with Crippen LogP contribution in [0.15, 0.2) is 6.20 Å². The Morgan fingerprint density at radius 3 is 2.88 bits per heavy atom. The van der Waals surface area contributed by atoms with Crippen molar-refractivity contribution in [3.63, 3.8) is 0 Å². The average Bonchev–Trinajstić information content (AvgIpc) is 2.76. The van der Waals surface area contributed by atoms with Crippen LogP contribution >= 0.6 is 0 Å². The molecule has 0 amide bonds. The Kier molecular flexibility index (Phi) is 4.26. The Morgan fingerprint density at radius 1 is 1.31 bits per heavy atom. The molecule has 1 aliphatic rings. The molecule has 0 atom stereocenters. The normalized spacial score (nSPS) is 17.8. The molecule has 0 radical (unpaired) electrons. The summed E-state index contributed by atoms with van der Waals surface area (Å²) in [6, 6.07) is 0. The van der Waals surface area contributed by atoms with Crippen LogP contribution in [0.25, 0.3) is 0 Å². The number of ether oxygens (including phenoxy) is 1. The second-order valence-electron chi connectivity index (χ2n) is 3.97. The number of nitrogens with zero attached hydrogens (tertiary/aromatic N) is 4. The SMILES string of the molecule is NCCc1cn(CCN2CCOCC2)nn1. The van der Waals surface area contributed by atoms with E-state index in [0.717, 1.165) is 51.5 Å². The molecule has 0 saturated carbocycles. The first-order valence-corrected chi connectivity index (χ1v) is 5.77. The summed E-state index contributed by atoms with van der Waals surface area (Å²) in [5, 5.41) is 8.13. The van der Waals surface area contributed by atoms with Gasteiger partial charge < -0.3 is 10.5 Å². The Bertz CT molecular complexity index is 308. The molecule has 1 aromatic heterocycles. The minimum atomic E-state index is 0.627. The molecular weight excluding hydrogens is 206 g/mol. The van der Waals surface area contributed by atoms with E-state index in [1.54, 1.807) is 0 Å². The zero-order chi connectivity index (χ0) is 11.2. The van der Waals surface area contributed by atoms with Gasteiger partial charge in [-0.15, -0.1) is 5.10 Å². The predicted molar refractivity (Wildman–Crippen MR) is 60.0 cm³/mol. The van der Waals surface area contributed by atoms with E-state index < -0.39 is 0 Å². The van der Waals surface area contributed by atoms with Gasteiger partial charge in [0.1, 0.15) is 0 Å². The molecule has 1 saturated heterocycles. The molecule has 0 aliphatic carbocycles. The molecule has 90 valence electrons. The Hall–Kier alpha value is -0.980. The molecule has 16 heavy (non-hydrogen) atoms. The maximum Gasteiger partial charge on any atom is 0.0839 e. The maximum absolute atomic E-state index is 5.46. The second kappa shape index (κ2) is 5.93. The fraction of sp³-hybridized carbons (Fsp3) is 0.800. The molecule has 1 aromatic rings. The third-order valence-corrected chi connectivity index (χ3v) is 2.74. The summed E-state index contributed by atoms with van der Waals surface area (Å²) in [4.78, 5) is 2.38. The van der Waals surface area contributed by atoms with Crippen molar-refractivity contribution >= 4 is 0 Å². The van der Waals surface area contributed by atoms with Crippen LogP contribution in [0.2, 0.25) is 0 Å². The third-order valence-electron chi connectivity index (χ3n) is 2.74. The van der Waals surface area contributed by atoms with Crippen molar-refractivity contribution in [3.05, 3.63) is 11.9 Å². The van der Waals surface area contributed by atoms with Gasteiger partial charge in [0.25, 0.3) is 0 Å². The largest absolute Gasteiger partial charge is 0.379 e. The Morgan fingerprint density at radius 2 is 2.12 bits per heavy atom. The summed E-state index contributed by atoms with van der Waals surface area (Å²) in [6.45, 7) is 6.24. The van der Waals surface area contributed by atoms with Crippen molar-refractivity contribution in [3.8, 4) is 0 Å². The van der Waals surface area contributed by atoms with Gasteiger partial charge in [-0.05, 0) is 6.54 Å². The molecule has 6 heteroatoms. The summed E-state index contributed by atoms with van der Waals surface area (Å²) in [7, 11) is 0. The number of rotatable bonds is 5. The average molecular weight is 225 g/mol. The first-order valence-electron chi connectivity index (χ1n) is 5.77. The Balaban J connectivity index is 1.75. The molecule has 1 aliphatic heterocycles. The molecule has 2 heterocycles.